The summed E-state index contributed by atoms with van der Waals surface area (Å²) in [5.74, 6) is 0.850. The summed E-state index contributed by atoms with van der Waals surface area (Å²) in [6, 6.07) is 8.45. The molecule has 2 aromatic heterocycles. The van der Waals surface area contributed by atoms with Gasteiger partial charge in [0.15, 0.2) is 0 Å². The van der Waals surface area contributed by atoms with Gasteiger partial charge >= 0.3 is 6.09 Å². The van der Waals surface area contributed by atoms with Crippen molar-refractivity contribution >= 4 is 28.3 Å². The number of nitrogens with zero attached hydrogens (tertiary/aromatic N) is 3. The maximum absolute atomic E-state index is 12.3. The predicted molar refractivity (Wildman–Crippen MR) is 120 cm³/mol. The van der Waals surface area contributed by atoms with E-state index in [1.54, 1.807) is 4.90 Å². The van der Waals surface area contributed by atoms with Crippen LogP contribution in [0.2, 0.25) is 0 Å². The minimum atomic E-state index is -0.521. The van der Waals surface area contributed by atoms with Crippen LogP contribution in [-0.2, 0) is 4.74 Å². The summed E-state index contributed by atoms with van der Waals surface area (Å²) in [6.45, 7) is 6.63. The quantitative estimate of drug-likeness (QED) is 0.440. The molecular weight excluding hydrogens is 412 g/mol. The molecular formula is C23H24N4O5. The van der Waals surface area contributed by atoms with Gasteiger partial charge in [0.25, 0.3) is 5.69 Å². The summed E-state index contributed by atoms with van der Waals surface area (Å²) in [5, 5.41) is 11.8. The highest BCUT2D eigenvalue weighted by Crippen LogP contribution is 2.33. The Bertz CT molecular complexity index is 1190. The molecule has 32 heavy (non-hydrogen) atoms. The minimum absolute atomic E-state index is 0.0922. The number of carbonyl (C=O) groups excluding carboxylic acids is 1. The second-order valence-corrected chi connectivity index (χ2v) is 8.53. The van der Waals surface area contributed by atoms with Gasteiger partial charge in [-0.05, 0) is 51.0 Å². The third-order valence-corrected chi connectivity index (χ3v) is 5.01. The number of benzene rings is 1. The van der Waals surface area contributed by atoms with Crippen LogP contribution in [0.25, 0.3) is 16.5 Å². The normalized spacial score (nSPS) is 14.2. The van der Waals surface area contributed by atoms with Gasteiger partial charge in [-0.15, -0.1) is 0 Å². The van der Waals surface area contributed by atoms with Crippen molar-refractivity contribution in [2.75, 3.05) is 13.1 Å². The third kappa shape index (κ3) is 4.72. The molecule has 1 aromatic carbocycles. The van der Waals surface area contributed by atoms with Crippen molar-refractivity contribution in [3.8, 4) is 11.6 Å². The fraction of sp³-hybridized carbons (Fsp3) is 0.304. The third-order valence-electron chi connectivity index (χ3n) is 5.01. The first-order chi connectivity index (χ1) is 15.2. The molecule has 0 atom stereocenters. The van der Waals surface area contributed by atoms with E-state index >= 15 is 0 Å². The van der Waals surface area contributed by atoms with E-state index in [0.29, 0.717) is 25.3 Å². The minimum Gasteiger partial charge on any atom is -0.444 e. The Labute approximate surface area is 184 Å². The fourth-order valence-corrected chi connectivity index (χ4v) is 3.50. The van der Waals surface area contributed by atoms with Gasteiger partial charge in [0.2, 0.25) is 5.88 Å². The number of nitro groups is 1. The van der Waals surface area contributed by atoms with Gasteiger partial charge in [0.05, 0.1) is 4.92 Å². The molecule has 0 fully saturated rings. The molecule has 0 spiro atoms. The van der Waals surface area contributed by atoms with E-state index in [-0.39, 0.29) is 17.7 Å². The Balaban J connectivity index is 1.52. The molecule has 1 aliphatic heterocycles. The second-order valence-electron chi connectivity index (χ2n) is 8.53. The van der Waals surface area contributed by atoms with Crippen LogP contribution >= 0.6 is 0 Å². The molecule has 4 rings (SSSR count). The topological polar surface area (TPSA) is 111 Å². The zero-order valence-electron chi connectivity index (χ0n) is 18.1. The lowest BCUT2D eigenvalue weighted by molar-refractivity contribution is -0.385. The van der Waals surface area contributed by atoms with E-state index in [1.165, 1.54) is 18.3 Å². The van der Waals surface area contributed by atoms with E-state index in [1.807, 2.05) is 51.2 Å². The van der Waals surface area contributed by atoms with Gasteiger partial charge in [-0.2, -0.15) is 0 Å². The highest BCUT2D eigenvalue weighted by molar-refractivity contribution is 5.94. The number of pyridine rings is 1. The lowest BCUT2D eigenvalue weighted by atomic mass is 9.99. The average Bonchev–Trinajstić information content (AvgIpc) is 3.16. The second kappa shape index (κ2) is 8.33. The van der Waals surface area contributed by atoms with Gasteiger partial charge in [0, 0.05) is 47.9 Å². The number of H-pyrrole nitrogens is 1. The molecule has 1 aliphatic rings. The molecule has 0 unspecified atom stereocenters. The summed E-state index contributed by atoms with van der Waals surface area (Å²) >= 11 is 0. The zero-order valence-corrected chi connectivity index (χ0v) is 18.1. The van der Waals surface area contributed by atoms with Crippen LogP contribution in [0.1, 0.15) is 32.8 Å². The fourth-order valence-electron chi connectivity index (χ4n) is 3.50. The summed E-state index contributed by atoms with van der Waals surface area (Å²) in [5.41, 5.74) is 2.53. The maximum Gasteiger partial charge on any atom is 0.410 e. The molecule has 0 aliphatic carbocycles. The lowest BCUT2D eigenvalue weighted by Crippen LogP contribution is -2.39. The van der Waals surface area contributed by atoms with Crippen molar-refractivity contribution in [1.82, 2.24) is 14.9 Å². The van der Waals surface area contributed by atoms with Crippen LogP contribution in [-0.4, -0.2) is 44.6 Å². The van der Waals surface area contributed by atoms with Crippen LogP contribution in [0.15, 0.2) is 48.8 Å². The number of aromatic amines is 1. The standard InChI is InChI=1S/C23H24N4O5/c1-23(2,3)32-22(28)26-10-8-15(9-11-26)19-14-24-20-6-5-17(12-18(19)20)31-21-7-4-16(13-25-21)27(29)30/h4-8,12-14,24H,9-11H2,1-3H3. The molecule has 9 heteroatoms. The largest absolute Gasteiger partial charge is 0.444 e. The van der Waals surface area contributed by atoms with Crippen molar-refractivity contribution in [2.45, 2.75) is 32.8 Å². The number of rotatable bonds is 4. The Morgan fingerprint density at radius 3 is 2.69 bits per heavy atom. The van der Waals surface area contributed by atoms with Crippen LogP contribution in [0.5, 0.6) is 11.6 Å². The first-order valence-corrected chi connectivity index (χ1v) is 10.3. The summed E-state index contributed by atoms with van der Waals surface area (Å²) in [6.07, 6.45) is 5.56. The van der Waals surface area contributed by atoms with Crippen molar-refractivity contribution in [3.05, 3.63) is 64.5 Å². The van der Waals surface area contributed by atoms with E-state index < -0.39 is 10.5 Å². The van der Waals surface area contributed by atoms with Crippen LogP contribution in [0.4, 0.5) is 10.5 Å². The summed E-state index contributed by atoms with van der Waals surface area (Å²) < 4.78 is 11.2. The summed E-state index contributed by atoms with van der Waals surface area (Å²) in [7, 11) is 0. The molecule has 0 saturated heterocycles. The van der Waals surface area contributed by atoms with E-state index in [9.17, 15) is 14.9 Å². The number of ether oxygens (including phenoxy) is 2. The Hall–Kier alpha value is -3.88. The van der Waals surface area contributed by atoms with E-state index in [2.05, 4.69) is 9.97 Å². The summed E-state index contributed by atoms with van der Waals surface area (Å²) in [4.78, 5) is 31.5. The van der Waals surface area contributed by atoms with Crippen molar-refractivity contribution < 1.29 is 19.2 Å². The van der Waals surface area contributed by atoms with Gasteiger partial charge < -0.3 is 19.4 Å². The predicted octanol–water partition coefficient (Wildman–Crippen LogP) is 5.29. The maximum atomic E-state index is 12.3. The molecule has 1 N–H and O–H groups in total. The number of carbonyl (C=O) groups is 1. The Morgan fingerprint density at radius 1 is 1.25 bits per heavy atom. The van der Waals surface area contributed by atoms with Crippen molar-refractivity contribution in [1.29, 1.82) is 0 Å². The molecule has 3 heterocycles. The SMILES string of the molecule is CC(C)(C)OC(=O)N1CC=C(c2c[nH]c3ccc(Oc4ccc([N+](=O)[O-])cn4)cc23)CC1. The number of aromatic nitrogens is 2. The Kier molecular flexibility index (Phi) is 5.56. The van der Waals surface area contributed by atoms with Crippen molar-refractivity contribution in [2.24, 2.45) is 0 Å². The molecule has 0 saturated carbocycles. The zero-order chi connectivity index (χ0) is 22.9. The first kappa shape index (κ1) is 21.4. The molecule has 3 aromatic rings. The van der Waals surface area contributed by atoms with Gasteiger partial charge in [-0.1, -0.05) is 6.08 Å². The average molecular weight is 436 g/mol. The molecule has 1 amide bonds. The Morgan fingerprint density at radius 2 is 2.06 bits per heavy atom. The van der Waals surface area contributed by atoms with Crippen LogP contribution in [0.3, 0.4) is 0 Å². The van der Waals surface area contributed by atoms with Crippen LogP contribution < -0.4 is 4.74 Å². The number of nitrogens with one attached hydrogen (secondary N) is 1. The van der Waals surface area contributed by atoms with Gasteiger partial charge in [-0.3, -0.25) is 10.1 Å². The molecule has 0 radical (unpaired) electrons. The first-order valence-electron chi connectivity index (χ1n) is 10.3. The van der Waals surface area contributed by atoms with E-state index in [4.69, 9.17) is 9.47 Å². The highest BCUT2D eigenvalue weighted by atomic mass is 16.6. The van der Waals surface area contributed by atoms with Gasteiger partial charge in [-0.25, -0.2) is 9.78 Å². The number of fused-ring (bicyclic) bond motifs is 1. The molecule has 166 valence electrons. The van der Waals surface area contributed by atoms with E-state index in [0.717, 1.165) is 22.0 Å². The molecule has 9 nitrogen and oxygen atoms in total. The number of amides is 1. The smallest absolute Gasteiger partial charge is 0.410 e. The highest BCUT2D eigenvalue weighted by Gasteiger charge is 2.24. The van der Waals surface area contributed by atoms with Gasteiger partial charge in [0.1, 0.15) is 17.5 Å². The molecule has 0 bridgehead atoms. The lowest BCUT2D eigenvalue weighted by Gasteiger charge is -2.29. The van der Waals surface area contributed by atoms with Crippen molar-refractivity contribution in [3.63, 3.8) is 0 Å². The number of hydrogen-bond acceptors (Lipinski definition) is 6. The number of hydrogen-bond donors (Lipinski definition) is 1. The monoisotopic (exact) mass is 436 g/mol. The van der Waals surface area contributed by atoms with Crippen LogP contribution in [0, 0.1) is 10.1 Å².